The number of aliphatic carboxylic acids is 1. The largest absolute Gasteiger partial charge is 0.480 e. The fraction of sp³-hybridized carbons (Fsp3) is 0.650. The first-order valence-corrected chi connectivity index (χ1v) is 11.9. The summed E-state index contributed by atoms with van der Waals surface area (Å²) in [4.78, 5) is 56.4. The fourth-order valence-corrected chi connectivity index (χ4v) is 3.31. The van der Waals surface area contributed by atoms with Crippen LogP contribution < -0.4 is 21.7 Å². The summed E-state index contributed by atoms with van der Waals surface area (Å²) in [5.74, 6) is -2.49. The summed E-state index contributed by atoms with van der Waals surface area (Å²) in [5.41, 5.74) is 6.20. The zero-order valence-corrected chi connectivity index (χ0v) is 19.7. The average molecular weight is 471 g/mol. The van der Waals surface area contributed by atoms with E-state index in [1.807, 2.05) is 13.2 Å². The van der Waals surface area contributed by atoms with Gasteiger partial charge in [0.05, 0.1) is 12.4 Å². The molecule has 1 heterocycles. The number of nitrogens with two attached hydrogens (primary N) is 1. The minimum atomic E-state index is -1.15. The second kappa shape index (κ2) is 13.7. The second-order valence-corrected chi connectivity index (χ2v) is 8.67. The lowest BCUT2D eigenvalue weighted by Crippen LogP contribution is -2.59. The van der Waals surface area contributed by atoms with Gasteiger partial charge in [-0.05, 0) is 31.3 Å². The molecule has 180 valence electrons. The van der Waals surface area contributed by atoms with E-state index in [1.54, 1.807) is 6.92 Å². The number of aromatic amines is 1. The van der Waals surface area contributed by atoms with Crippen LogP contribution in [0.1, 0.15) is 39.3 Å². The first-order chi connectivity index (χ1) is 15.1. The number of nitrogens with zero attached hydrogens (tertiary/aromatic N) is 1. The Morgan fingerprint density at radius 3 is 2.28 bits per heavy atom. The first kappa shape index (κ1) is 27.4. The SMILES string of the molecule is CCC(C)C(NC(=O)C(C)N)C(=O)NC(Cc1cnc[nH]1)C(=O)NC(CCSC)C(=O)O. The average Bonchev–Trinajstić information content (AvgIpc) is 3.26. The molecule has 0 saturated heterocycles. The van der Waals surface area contributed by atoms with E-state index >= 15 is 0 Å². The molecule has 0 spiro atoms. The molecule has 1 aromatic heterocycles. The van der Waals surface area contributed by atoms with Gasteiger partial charge < -0.3 is 31.8 Å². The zero-order chi connectivity index (χ0) is 24.3. The summed E-state index contributed by atoms with van der Waals surface area (Å²) in [6, 6.07) is -3.86. The highest BCUT2D eigenvalue weighted by Gasteiger charge is 2.32. The molecule has 0 fully saturated rings. The van der Waals surface area contributed by atoms with Gasteiger partial charge in [0.2, 0.25) is 17.7 Å². The van der Waals surface area contributed by atoms with E-state index in [1.165, 1.54) is 31.2 Å². The van der Waals surface area contributed by atoms with E-state index in [4.69, 9.17) is 5.73 Å². The van der Waals surface area contributed by atoms with Crippen LogP contribution in [0.4, 0.5) is 0 Å². The van der Waals surface area contributed by atoms with Gasteiger partial charge in [-0.15, -0.1) is 0 Å². The molecule has 1 rings (SSSR count). The van der Waals surface area contributed by atoms with Crippen LogP contribution >= 0.6 is 11.8 Å². The predicted octanol–water partition coefficient (Wildman–Crippen LogP) is -0.362. The van der Waals surface area contributed by atoms with Crippen LogP contribution in [-0.2, 0) is 25.6 Å². The topological polar surface area (TPSA) is 179 Å². The Hall–Kier alpha value is -2.60. The third-order valence-corrected chi connectivity index (χ3v) is 5.69. The van der Waals surface area contributed by atoms with Gasteiger partial charge in [0.1, 0.15) is 18.1 Å². The van der Waals surface area contributed by atoms with Crippen molar-refractivity contribution in [1.82, 2.24) is 25.9 Å². The van der Waals surface area contributed by atoms with E-state index in [0.717, 1.165) is 0 Å². The van der Waals surface area contributed by atoms with E-state index in [-0.39, 0.29) is 18.8 Å². The molecule has 7 N–H and O–H groups in total. The van der Waals surface area contributed by atoms with Crippen LogP contribution in [0.25, 0.3) is 0 Å². The molecular formula is C20H34N6O5S. The Morgan fingerprint density at radius 2 is 1.78 bits per heavy atom. The van der Waals surface area contributed by atoms with Crippen LogP contribution in [0.3, 0.4) is 0 Å². The number of amides is 3. The monoisotopic (exact) mass is 470 g/mol. The van der Waals surface area contributed by atoms with Gasteiger partial charge in [-0.3, -0.25) is 14.4 Å². The van der Waals surface area contributed by atoms with Gasteiger partial charge in [0, 0.05) is 18.3 Å². The van der Waals surface area contributed by atoms with Crippen molar-refractivity contribution < 1.29 is 24.3 Å². The maximum absolute atomic E-state index is 13.0. The van der Waals surface area contributed by atoms with Gasteiger partial charge in [-0.1, -0.05) is 20.3 Å². The third kappa shape index (κ3) is 8.87. The van der Waals surface area contributed by atoms with Crippen LogP contribution in [0.5, 0.6) is 0 Å². The lowest BCUT2D eigenvalue weighted by Gasteiger charge is -2.27. The number of thioether (sulfide) groups is 1. The van der Waals surface area contributed by atoms with Crippen molar-refractivity contribution in [1.29, 1.82) is 0 Å². The van der Waals surface area contributed by atoms with E-state index in [0.29, 0.717) is 17.9 Å². The summed E-state index contributed by atoms with van der Waals surface area (Å²) in [6.07, 6.45) is 5.71. The van der Waals surface area contributed by atoms with Gasteiger partial charge >= 0.3 is 5.97 Å². The van der Waals surface area contributed by atoms with Crippen LogP contribution in [0, 0.1) is 5.92 Å². The van der Waals surface area contributed by atoms with Crippen molar-refractivity contribution in [2.24, 2.45) is 11.7 Å². The first-order valence-electron chi connectivity index (χ1n) is 10.5. The van der Waals surface area contributed by atoms with Crippen molar-refractivity contribution in [2.75, 3.05) is 12.0 Å². The number of imidazole rings is 1. The third-order valence-electron chi connectivity index (χ3n) is 5.04. The quantitative estimate of drug-likeness (QED) is 0.213. The zero-order valence-electron chi connectivity index (χ0n) is 18.9. The molecule has 0 aromatic carbocycles. The fourth-order valence-electron chi connectivity index (χ4n) is 2.84. The number of carbonyl (C=O) groups excluding carboxylic acids is 3. The van der Waals surface area contributed by atoms with E-state index in [9.17, 15) is 24.3 Å². The van der Waals surface area contributed by atoms with Gasteiger partial charge in [-0.2, -0.15) is 11.8 Å². The summed E-state index contributed by atoms with van der Waals surface area (Å²) < 4.78 is 0. The molecule has 0 aliphatic carbocycles. The molecule has 5 unspecified atom stereocenters. The minimum absolute atomic E-state index is 0.0703. The van der Waals surface area contributed by atoms with E-state index < -0.39 is 47.9 Å². The number of carbonyl (C=O) groups is 4. The van der Waals surface area contributed by atoms with Gasteiger partial charge in [-0.25, -0.2) is 9.78 Å². The molecule has 0 aliphatic rings. The predicted molar refractivity (Wildman–Crippen MR) is 122 cm³/mol. The molecule has 0 aliphatic heterocycles. The maximum atomic E-state index is 13.0. The Labute approximate surface area is 192 Å². The molecule has 0 bridgehead atoms. The number of aromatic nitrogens is 2. The lowest BCUT2D eigenvalue weighted by molar-refractivity contribution is -0.142. The van der Waals surface area contributed by atoms with Crippen LogP contribution in [-0.4, -0.2) is 74.9 Å². The Morgan fingerprint density at radius 1 is 1.12 bits per heavy atom. The van der Waals surface area contributed by atoms with Crippen molar-refractivity contribution in [3.05, 3.63) is 18.2 Å². The van der Waals surface area contributed by atoms with Crippen molar-refractivity contribution >= 4 is 35.5 Å². The Kier molecular flexibility index (Phi) is 11.8. The summed E-state index contributed by atoms with van der Waals surface area (Å²) in [5, 5.41) is 17.2. The molecule has 12 heteroatoms. The number of H-pyrrole nitrogens is 1. The highest BCUT2D eigenvalue weighted by Crippen LogP contribution is 2.10. The second-order valence-electron chi connectivity index (χ2n) is 7.68. The normalized spacial score (nSPS) is 15.7. The van der Waals surface area contributed by atoms with Crippen LogP contribution in [0.2, 0.25) is 0 Å². The molecule has 0 radical (unpaired) electrons. The number of carboxylic acids is 1. The Balaban J connectivity index is 3.05. The molecule has 0 saturated carbocycles. The van der Waals surface area contributed by atoms with E-state index in [2.05, 4.69) is 25.9 Å². The smallest absolute Gasteiger partial charge is 0.326 e. The number of hydrogen-bond acceptors (Lipinski definition) is 7. The number of rotatable bonds is 14. The molecule has 3 amide bonds. The molecule has 32 heavy (non-hydrogen) atoms. The molecule has 1 aromatic rings. The lowest BCUT2D eigenvalue weighted by atomic mass is 9.97. The number of carboxylic acid groups (broad SMARTS) is 1. The highest BCUT2D eigenvalue weighted by molar-refractivity contribution is 7.98. The molecular weight excluding hydrogens is 436 g/mol. The van der Waals surface area contributed by atoms with Crippen molar-refractivity contribution in [3.63, 3.8) is 0 Å². The molecule has 5 atom stereocenters. The highest BCUT2D eigenvalue weighted by atomic mass is 32.2. The van der Waals surface area contributed by atoms with Gasteiger partial charge in [0.25, 0.3) is 0 Å². The standard InChI is InChI=1S/C20H34N6O5S/c1-5-11(2)16(26-17(27)12(3)21)19(29)25-15(8-13-9-22-10-23-13)18(28)24-14(20(30)31)6-7-32-4/h9-12,14-16H,5-8,21H2,1-4H3,(H,22,23)(H,24,28)(H,25,29)(H,26,27)(H,30,31). The number of hydrogen-bond donors (Lipinski definition) is 6. The summed E-state index contributed by atoms with van der Waals surface area (Å²) >= 11 is 1.47. The Bertz CT molecular complexity index is 758. The number of nitrogens with one attached hydrogen (secondary N) is 4. The minimum Gasteiger partial charge on any atom is -0.480 e. The summed E-state index contributed by atoms with van der Waals surface area (Å²) in [7, 11) is 0. The van der Waals surface area contributed by atoms with Crippen molar-refractivity contribution in [2.45, 2.75) is 64.2 Å². The maximum Gasteiger partial charge on any atom is 0.326 e. The summed E-state index contributed by atoms with van der Waals surface area (Å²) in [6.45, 7) is 5.19. The van der Waals surface area contributed by atoms with Crippen molar-refractivity contribution in [3.8, 4) is 0 Å². The van der Waals surface area contributed by atoms with Gasteiger partial charge in [0.15, 0.2) is 0 Å². The molecule has 11 nitrogen and oxygen atoms in total. The van der Waals surface area contributed by atoms with Crippen LogP contribution in [0.15, 0.2) is 12.5 Å².